The lowest BCUT2D eigenvalue weighted by molar-refractivity contribution is -0.162. The van der Waals surface area contributed by atoms with Gasteiger partial charge in [0, 0.05) is 12.0 Å². The molecule has 1 unspecified atom stereocenters. The first-order chi connectivity index (χ1) is 15.3. The Kier molecular flexibility index (Phi) is 5.19. The summed E-state index contributed by atoms with van der Waals surface area (Å²) >= 11 is 0. The van der Waals surface area contributed by atoms with Gasteiger partial charge in [0.2, 0.25) is 6.29 Å². The van der Waals surface area contributed by atoms with Gasteiger partial charge in [0.25, 0.3) is 0 Å². The molecule has 0 amide bonds. The van der Waals surface area contributed by atoms with Gasteiger partial charge in [0.1, 0.15) is 11.5 Å². The molecule has 0 fully saturated rings. The van der Waals surface area contributed by atoms with Crippen LogP contribution < -0.4 is 9.47 Å². The second-order valence-electron chi connectivity index (χ2n) is 7.63. The van der Waals surface area contributed by atoms with Crippen molar-refractivity contribution in [1.29, 1.82) is 0 Å². The van der Waals surface area contributed by atoms with Gasteiger partial charge in [-0.2, -0.15) is 0 Å². The van der Waals surface area contributed by atoms with Crippen molar-refractivity contribution < 1.29 is 14.2 Å². The number of methoxy groups -OCH3 is 1. The largest absolute Gasteiger partial charge is 0.497 e. The predicted octanol–water partition coefficient (Wildman–Crippen LogP) is 5.96. The molecule has 4 aromatic carbocycles. The zero-order valence-corrected chi connectivity index (χ0v) is 17.4. The van der Waals surface area contributed by atoms with Gasteiger partial charge in [-0.1, -0.05) is 91.0 Å². The lowest BCUT2D eigenvalue weighted by atomic mass is 9.79. The van der Waals surface area contributed by atoms with Crippen molar-refractivity contribution in [2.75, 3.05) is 7.11 Å². The molecule has 0 N–H and O–H groups in total. The van der Waals surface area contributed by atoms with Crippen LogP contribution in [0, 0.1) is 0 Å². The van der Waals surface area contributed by atoms with Crippen LogP contribution in [0.25, 0.3) is 0 Å². The van der Waals surface area contributed by atoms with Crippen LogP contribution >= 0.6 is 0 Å². The van der Waals surface area contributed by atoms with E-state index < -0.39 is 11.9 Å². The highest BCUT2D eigenvalue weighted by Crippen LogP contribution is 2.49. The molecule has 154 valence electrons. The van der Waals surface area contributed by atoms with Gasteiger partial charge >= 0.3 is 0 Å². The smallest absolute Gasteiger partial charge is 0.205 e. The maximum atomic E-state index is 6.90. The Labute approximate surface area is 182 Å². The molecule has 0 spiro atoms. The van der Waals surface area contributed by atoms with Crippen molar-refractivity contribution in [3.8, 4) is 11.5 Å². The van der Waals surface area contributed by atoms with Gasteiger partial charge in [-0.25, -0.2) is 0 Å². The molecule has 1 aliphatic rings. The van der Waals surface area contributed by atoms with Gasteiger partial charge in [-0.3, -0.25) is 0 Å². The molecule has 3 nitrogen and oxygen atoms in total. The van der Waals surface area contributed by atoms with E-state index >= 15 is 0 Å². The average Bonchev–Trinajstić information content (AvgIpc) is 2.85. The van der Waals surface area contributed by atoms with Crippen molar-refractivity contribution in [3.05, 3.63) is 131 Å². The summed E-state index contributed by atoms with van der Waals surface area (Å²) in [5.41, 5.74) is 3.39. The van der Waals surface area contributed by atoms with Crippen molar-refractivity contribution in [2.24, 2.45) is 0 Å². The average molecular weight is 408 g/mol. The Hall–Kier alpha value is -3.56. The minimum Gasteiger partial charge on any atom is -0.497 e. The molecule has 4 aromatic rings. The zero-order chi connectivity index (χ0) is 21.1. The van der Waals surface area contributed by atoms with Gasteiger partial charge < -0.3 is 14.2 Å². The highest BCUT2D eigenvalue weighted by Gasteiger charge is 2.46. The summed E-state index contributed by atoms with van der Waals surface area (Å²) < 4.78 is 18.8. The van der Waals surface area contributed by atoms with Crippen LogP contribution in [-0.2, 0) is 16.8 Å². The van der Waals surface area contributed by atoms with Gasteiger partial charge in [-0.15, -0.1) is 0 Å². The number of hydrogen-bond acceptors (Lipinski definition) is 3. The lowest BCUT2D eigenvalue weighted by Crippen LogP contribution is -2.44. The molecule has 0 saturated carbocycles. The first-order valence-corrected chi connectivity index (χ1v) is 10.5. The number of ether oxygens (including phenoxy) is 3. The molecule has 1 atom stereocenters. The Morgan fingerprint density at radius 2 is 1.32 bits per heavy atom. The molecule has 5 rings (SSSR count). The molecular formula is C28H24O3. The first-order valence-electron chi connectivity index (χ1n) is 10.5. The van der Waals surface area contributed by atoms with Crippen LogP contribution in [-0.4, -0.2) is 13.4 Å². The molecule has 1 heterocycles. The summed E-state index contributed by atoms with van der Waals surface area (Å²) in [5, 5.41) is 0. The molecule has 0 aliphatic carbocycles. The van der Waals surface area contributed by atoms with E-state index in [-0.39, 0.29) is 0 Å². The summed E-state index contributed by atoms with van der Waals surface area (Å²) in [6.45, 7) is 0. The third kappa shape index (κ3) is 3.58. The molecule has 0 saturated heterocycles. The van der Waals surface area contributed by atoms with Crippen LogP contribution in [0.3, 0.4) is 0 Å². The van der Waals surface area contributed by atoms with E-state index in [0.717, 1.165) is 28.2 Å². The van der Waals surface area contributed by atoms with Crippen LogP contribution in [0.4, 0.5) is 0 Å². The number of rotatable bonds is 5. The minimum atomic E-state index is -0.815. The topological polar surface area (TPSA) is 27.7 Å². The molecule has 0 aromatic heterocycles. The molecule has 0 bridgehead atoms. The number of fused-ring (bicyclic) bond motifs is 1. The van der Waals surface area contributed by atoms with E-state index in [4.69, 9.17) is 14.2 Å². The maximum absolute atomic E-state index is 6.90. The second kappa shape index (κ2) is 8.29. The summed E-state index contributed by atoms with van der Waals surface area (Å²) in [5.74, 6) is 1.57. The molecule has 3 heteroatoms. The summed E-state index contributed by atoms with van der Waals surface area (Å²) in [6, 6.07) is 36.9. The zero-order valence-electron chi connectivity index (χ0n) is 17.4. The van der Waals surface area contributed by atoms with E-state index in [1.165, 1.54) is 5.56 Å². The van der Waals surface area contributed by atoms with E-state index in [1.54, 1.807) is 7.11 Å². The standard InChI is InChI=1S/C28H24O3/c1-29-24-17-18-26-25(20-24)28(22-13-7-3-8-14-22,23-15-9-4-10-16-23)31-27(30-26)19-21-11-5-2-6-12-21/h2-18,20,27H,19H2,1H3. The van der Waals surface area contributed by atoms with Crippen molar-refractivity contribution in [1.82, 2.24) is 0 Å². The third-order valence-corrected chi connectivity index (χ3v) is 5.74. The first kappa shape index (κ1) is 19.4. The van der Waals surface area contributed by atoms with Crippen LogP contribution in [0.1, 0.15) is 22.3 Å². The monoisotopic (exact) mass is 408 g/mol. The van der Waals surface area contributed by atoms with Crippen LogP contribution in [0.5, 0.6) is 11.5 Å². The Morgan fingerprint density at radius 1 is 0.742 bits per heavy atom. The SMILES string of the molecule is COc1ccc2c(c1)C(c1ccccc1)(c1ccccc1)OC(Cc1ccccc1)O2. The van der Waals surface area contributed by atoms with Crippen molar-refractivity contribution in [3.63, 3.8) is 0 Å². The fourth-order valence-electron chi connectivity index (χ4n) is 4.29. The Balaban J connectivity index is 1.72. The Morgan fingerprint density at radius 3 is 1.90 bits per heavy atom. The fourth-order valence-corrected chi connectivity index (χ4v) is 4.29. The summed E-state index contributed by atoms with van der Waals surface area (Å²) in [7, 11) is 1.68. The second-order valence-corrected chi connectivity index (χ2v) is 7.63. The third-order valence-electron chi connectivity index (χ3n) is 5.74. The summed E-state index contributed by atoms with van der Waals surface area (Å²) in [6.07, 6.45) is 0.206. The highest BCUT2D eigenvalue weighted by atomic mass is 16.7. The molecule has 1 aliphatic heterocycles. The quantitative estimate of drug-likeness (QED) is 0.407. The minimum absolute atomic E-state index is 0.441. The lowest BCUT2D eigenvalue weighted by Gasteiger charge is -2.43. The van der Waals surface area contributed by atoms with E-state index in [2.05, 4.69) is 36.4 Å². The van der Waals surface area contributed by atoms with Crippen molar-refractivity contribution >= 4 is 0 Å². The van der Waals surface area contributed by atoms with Gasteiger partial charge in [0.15, 0.2) is 5.60 Å². The van der Waals surface area contributed by atoms with Gasteiger partial charge in [0.05, 0.1) is 7.11 Å². The van der Waals surface area contributed by atoms with E-state index in [0.29, 0.717) is 6.42 Å². The number of hydrogen-bond donors (Lipinski definition) is 0. The maximum Gasteiger partial charge on any atom is 0.205 e. The highest BCUT2D eigenvalue weighted by molar-refractivity contribution is 5.56. The normalized spacial score (nSPS) is 16.7. The molecule has 31 heavy (non-hydrogen) atoms. The number of benzene rings is 4. The summed E-state index contributed by atoms with van der Waals surface area (Å²) in [4.78, 5) is 0. The van der Waals surface area contributed by atoms with Crippen LogP contribution in [0.15, 0.2) is 109 Å². The van der Waals surface area contributed by atoms with Crippen LogP contribution in [0.2, 0.25) is 0 Å². The van der Waals surface area contributed by atoms with E-state index in [1.807, 2.05) is 72.8 Å². The fraction of sp³-hybridized carbons (Fsp3) is 0.143. The van der Waals surface area contributed by atoms with Crippen molar-refractivity contribution in [2.45, 2.75) is 18.3 Å². The molecular weight excluding hydrogens is 384 g/mol. The predicted molar refractivity (Wildman–Crippen MR) is 121 cm³/mol. The molecule has 0 radical (unpaired) electrons. The Bertz CT molecular complexity index is 1100. The van der Waals surface area contributed by atoms with Gasteiger partial charge in [-0.05, 0) is 34.9 Å². The van der Waals surface area contributed by atoms with E-state index in [9.17, 15) is 0 Å².